The second-order valence-electron chi connectivity index (χ2n) is 5.81. The van der Waals surface area contributed by atoms with E-state index in [0.29, 0.717) is 27.9 Å². The Hall–Kier alpha value is -1.82. The molecule has 25 heavy (non-hydrogen) atoms. The zero-order chi connectivity index (χ0) is 18.0. The number of ether oxygens (including phenoxy) is 1. The van der Waals surface area contributed by atoms with Crippen molar-refractivity contribution in [2.24, 2.45) is 0 Å². The number of anilines is 1. The number of carbonyl (C=O) groups excluding carboxylic acids is 2. The molecule has 0 aliphatic carbocycles. The topological polar surface area (TPSA) is 71.5 Å². The minimum absolute atomic E-state index is 0.222. The highest BCUT2D eigenvalue weighted by Gasteiger charge is 2.19. The number of carbonyl (C=O) groups is 2. The standard InChI is InChI=1S/C17H20N3O3PS/c1-3-23-16(22)14-10(2)18-17(25-14)19-15(21)12-4-5-13-9-20(24)7-6-11(13)8-12/h4-5,8H,3,6-7,9,24H2,1-2H3,(H,18,19,21). The van der Waals surface area contributed by atoms with Crippen LogP contribution in [0.15, 0.2) is 18.2 Å². The van der Waals surface area contributed by atoms with Crippen LogP contribution < -0.4 is 5.32 Å². The van der Waals surface area contributed by atoms with Crippen molar-refractivity contribution in [1.82, 2.24) is 9.65 Å². The zero-order valence-corrected chi connectivity index (χ0v) is 16.1. The lowest BCUT2D eigenvalue weighted by Crippen LogP contribution is -2.22. The molecule has 0 saturated carbocycles. The molecular weight excluding hydrogens is 357 g/mol. The zero-order valence-electron chi connectivity index (χ0n) is 14.2. The molecule has 0 radical (unpaired) electrons. The molecule has 8 heteroatoms. The van der Waals surface area contributed by atoms with Crippen LogP contribution in [-0.2, 0) is 17.7 Å². The Morgan fingerprint density at radius 3 is 2.96 bits per heavy atom. The largest absolute Gasteiger partial charge is 0.462 e. The minimum Gasteiger partial charge on any atom is -0.462 e. The van der Waals surface area contributed by atoms with E-state index in [-0.39, 0.29) is 5.91 Å². The fourth-order valence-corrected chi connectivity index (χ4v) is 3.90. The Morgan fingerprint density at radius 2 is 2.20 bits per heavy atom. The van der Waals surface area contributed by atoms with Gasteiger partial charge in [-0.15, -0.1) is 0 Å². The number of hydrogen-bond donors (Lipinski definition) is 1. The third-order valence-electron chi connectivity index (χ3n) is 3.99. The summed E-state index contributed by atoms with van der Waals surface area (Å²) < 4.78 is 7.17. The van der Waals surface area contributed by atoms with Crippen LogP contribution in [0.5, 0.6) is 0 Å². The van der Waals surface area contributed by atoms with Gasteiger partial charge in [0.15, 0.2) is 5.13 Å². The number of rotatable bonds is 4. The lowest BCUT2D eigenvalue weighted by atomic mass is 9.98. The van der Waals surface area contributed by atoms with E-state index in [1.807, 2.05) is 18.2 Å². The van der Waals surface area contributed by atoms with E-state index in [0.717, 1.165) is 30.8 Å². The van der Waals surface area contributed by atoms with Gasteiger partial charge in [0.2, 0.25) is 0 Å². The quantitative estimate of drug-likeness (QED) is 0.655. The number of esters is 1. The van der Waals surface area contributed by atoms with Crippen molar-refractivity contribution in [2.75, 3.05) is 18.5 Å². The summed E-state index contributed by atoms with van der Waals surface area (Å²) in [7, 11) is 2.71. The van der Waals surface area contributed by atoms with Crippen LogP contribution >= 0.6 is 20.7 Å². The minimum atomic E-state index is -0.409. The van der Waals surface area contributed by atoms with E-state index in [4.69, 9.17) is 4.74 Å². The Bertz CT molecular complexity index is 821. The fraction of sp³-hybridized carbons (Fsp3) is 0.353. The van der Waals surface area contributed by atoms with Crippen molar-refractivity contribution in [3.05, 3.63) is 45.5 Å². The van der Waals surface area contributed by atoms with E-state index >= 15 is 0 Å². The van der Waals surface area contributed by atoms with E-state index in [1.54, 1.807) is 13.8 Å². The van der Waals surface area contributed by atoms with Crippen LogP contribution in [0.1, 0.15) is 43.8 Å². The molecule has 2 heterocycles. The molecule has 3 rings (SSSR count). The number of nitrogens with one attached hydrogen (secondary N) is 1. The van der Waals surface area contributed by atoms with Gasteiger partial charge < -0.3 is 4.74 Å². The third-order valence-corrected chi connectivity index (χ3v) is 5.48. The number of fused-ring (bicyclic) bond motifs is 1. The van der Waals surface area contributed by atoms with Crippen LogP contribution in [0.3, 0.4) is 0 Å². The Balaban J connectivity index is 1.75. The van der Waals surface area contributed by atoms with Gasteiger partial charge in [-0.1, -0.05) is 26.8 Å². The molecular formula is C17H20N3O3PS. The summed E-state index contributed by atoms with van der Waals surface area (Å²) in [5.41, 5.74) is 3.60. The van der Waals surface area contributed by atoms with Crippen molar-refractivity contribution >= 4 is 37.7 Å². The average Bonchev–Trinajstić information content (AvgIpc) is 2.95. The number of benzene rings is 1. The maximum atomic E-state index is 12.5. The first-order chi connectivity index (χ1) is 12.0. The van der Waals surface area contributed by atoms with Crippen molar-refractivity contribution < 1.29 is 14.3 Å². The summed E-state index contributed by atoms with van der Waals surface area (Å²) in [6, 6.07) is 5.76. The predicted octanol–water partition coefficient (Wildman–Crippen LogP) is 3.03. The Kier molecular flexibility index (Phi) is 5.47. The number of nitrogens with zero attached hydrogens (tertiary/aromatic N) is 2. The SMILES string of the molecule is CCOC(=O)c1sc(NC(=O)c2ccc3c(c2)CCN(P)C3)nc1C. The molecule has 0 bridgehead atoms. The smallest absolute Gasteiger partial charge is 0.350 e. The summed E-state index contributed by atoms with van der Waals surface area (Å²) in [6.45, 7) is 5.61. The third kappa shape index (κ3) is 4.06. The van der Waals surface area contributed by atoms with Gasteiger partial charge in [0.05, 0.1) is 12.3 Å². The summed E-state index contributed by atoms with van der Waals surface area (Å²) in [5.74, 6) is -0.631. The molecule has 6 nitrogen and oxygen atoms in total. The van der Waals surface area contributed by atoms with Gasteiger partial charge in [0.1, 0.15) is 4.88 Å². The second-order valence-corrected chi connectivity index (χ2v) is 7.54. The number of amides is 1. The number of aryl methyl sites for hydroxylation is 1. The van der Waals surface area contributed by atoms with Crippen LogP contribution in [0.4, 0.5) is 5.13 Å². The first-order valence-corrected chi connectivity index (χ1v) is 9.38. The van der Waals surface area contributed by atoms with E-state index in [1.165, 1.54) is 11.1 Å². The molecule has 1 amide bonds. The first-order valence-electron chi connectivity index (χ1n) is 8.05. The molecule has 0 spiro atoms. The van der Waals surface area contributed by atoms with E-state index in [2.05, 4.69) is 24.4 Å². The Morgan fingerprint density at radius 1 is 1.40 bits per heavy atom. The van der Waals surface area contributed by atoms with Crippen LogP contribution in [-0.4, -0.2) is 34.7 Å². The molecule has 0 saturated heterocycles. The monoisotopic (exact) mass is 377 g/mol. The summed E-state index contributed by atoms with van der Waals surface area (Å²) in [6.07, 6.45) is 0.920. The van der Waals surface area contributed by atoms with E-state index in [9.17, 15) is 9.59 Å². The molecule has 1 unspecified atom stereocenters. The van der Waals surface area contributed by atoms with Gasteiger partial charge in [0.25, 0.3) is 5.91 Å². The maximum absolute atomic E-state index is 12.5. The average molecular weight is 377 g/mol. The fourth-order valence-electron chi connectivity index (χ4n) is 2.72. The molecule has 1 N–H and O–H groups in total. The van der Waals surface area contributed by atoms with E-state index < -0.39 is 5.97 Å². The maximum Gasteiger partial charge on any atom is 0.350 e. The molecule has 132 valence electrons. The predicted molar refractivity (Wildman–Crippen MR) is 101 cm³/mol. The summed E-state index contributed by atoms with van der Waals surface area (Å²) in [4.78, 5) is 29.0. The summed E-state index contributed by atoms with van der Waals surface area (Å²) >= 11 is 1.13. The van der Waals surface area contributed by atoms with Gasteiger partial charge in [-0.25, -0.2) is 9.78 Å². The highest BCUT2D eigenvalue weighted by atomic mass is 32.1. The second kappa shape index (κ2) is 7.60. The highest BCUT2D eigenvalue weighted by molar-refractivity contribution is 7.17. The Labute approximate surface area is 152 Å². The van der Waals surface area contributed by atoms with Gasteiger partial charge in [-0.2, -0.15) is 0 Å². The van der Waals surface area contributed by atoms with Gasteiger partial charge >= 0.3 is 5.97 Å². The van der Waals surface area contributed by atoms with Crippen molar-refractivity contribution in [1.29, 1.82) is 0 Å². The van der Waals surface area contributed by atoms with Crippen molar-refractivity contribution in [2.45, 2.75) is 26.8 Å². The molecule has 1 aromatic carbocycles. The van der Waals surface area contributed by atoms with Crippen LogP contribution in [0.25, 0.3) is 0 Å². The molecule has 1 aromatic heterocycles. The van der Waals surface area contributed by atoms with Crippen molar-refractivity contribution in [3.8, 4) is 0 Å². The van der Waals surface area contributed by atoms with Gasteiger partial charge in [-0.05, 0) is 43.5 Å². The molecule has 1 aliphatic heterocycles. The van der Waals surface area contributed by atoms with Crippen LogP contribution in [0, 0.1) is 6.92 Å². The van der Waals surface area contributed by atoms with Crippen molar-refractivity contribution in [3.63, 3.8) is 0 Å². The van der Waals surface area contributed by atoms with Gasteiger partial charge in [-0.3, -0.25) is 14.8 Å². The molecule has 1 aliphatic rings. The lowest BCUT2D eigenvalue weighted by molar-refractivity contribution is 0.0531. The molecule has 2 aromatic rings. The highest BCUT2D eigenvalue weighted by Crippen LogP contribution is 2.25. The number of thiazole rings is 1. The number of hydrogen-bond acceptors (Lipinski definition) is 6. The summed E-state index contributed by atoms with van der Waals surface area (Å²) in [5, 5.41) is 3.18. The molecule has 0 fully saturated rings. The first kappa shape index (κ1) is 18.0. The normalized spacial score (nSPS) is 14.0. The number of aromatic nitrogens is 1. The molecule has 1 atom stereocenters. The lowest BCUT2D eigenvalue weighted by Gasteiger charge is -2.24. The van der Waals surface area contributed by atoms with Gasteiger partial charge in [0, 0.05) is 18.7 Å². The van der Waals surface area contributed by atoms with Crippen LogP contribution in [0.2, 0.25) is 0 Å².